The van der Waals surface area contributed by atoms with E-state index in [0.717, 1.165) is 10.1 Å². The fourth-order valence-corrected chi connectivity index (χ4v) is 3.42. The molecule has 1 N–H and O–H groups in total. The van der Waals surface area contributed by atoms with Crippen LogP contribution in [0.3, 0.4) is 0 Å². The molecule has 3 aromatic rings. The van der Waals surface area contributed by atoms with E-state index in [2.05, 4.69) is 0 Å². The molecule has 2 atom stereocenters. The minimum Gasteiger partial charge on any atom is -0.387 e. The summed E-state index contributed by atoms with van der Waals surface area (Å²) in [7, 11) is 0. The predicted octanol–water partition coefficient (Wildman–Crippen LogP) is 4.10. The van der Waals surface area contributed by atoms with Crippen molar-refractivity contribution in [1.29, 1.82) is 5.26 Å². The summed E-state index contributed by atoms with van der Waals surface area (Å²) in [5.41, 5.74) is 0.340. The van der Waals surface area contributed by atoms with Crippen molar-refractivity contribution in [2.75, 3.05) is 0 Å². The third kappa shape index (κ3) is 3.00. The third-order valence-electron chi connectivity index (χ3n) is 3.62. The number of hydrogen-bond acceptors (Lipinski definition) is 4. The van der Waals surface area contributed by atoms with Crippen LogP contribution < -0.4 is 0 Å². The summed E-state index contributed by atoms with van der Waals surface area (Å²) in [5.74, 6) is -2.09. The summed E-state index contributed by atoms with van der Waals surface area (Å²) in [6, 6.07) is 16.3. The summed E-state index contributed by atoms with van der Waals surface area (Å²) in [6.07, 6.45) is -1.29. The van der Waals surface area contributed by atoms with Crippen molar-refractivity contribution in [3.8, 4) is 6.07 Å². The van der Waals surface area contributed by atoms with Crippen LogP contribution in [0.2, 0.25) is 0 Å². The quantitative estimate of drug-likeness (QED) is 0.735. The van der Waals surface area contributed by atoms with Gasteiger partial charge in [-0.3, -0.25) is 4.79 Å². The van der Waals surface area contributed by atoms with Gasteiger partial charge in [-0.25, -0.2) is 4.39 Å². The van der Waals surface area contributed by atoms with Gasteiger partial charge in [-0.2, -0.15) is 5.26 Å². The largest absolute Gasteiger partial charge is 0.387 e. The van der Waals surface area contributed by atoms with Crippen molar-refractivity contribution in [3.63, 3.8) is 0 Å². The number of halogens is 1. The van der Waals surface area contributed by atoms with Crippen molar-refractivity contribution < 1.29 is 14.3 Å². The maximum Gasteiger partial charge on any atom is 0.192 e. The lowest BCUT2D eigenvalue weighted by Crippen LogP contribution is -2.20. The first kappa shape index (κ1) is 15.3. The molecule has 1 heterocycles. The van der Waals surface area contributed by atoms with Crippen LogP contribution in [0.5, 0.6) is 0 Å². The zero-order valence-corrected chi connectivity index (χ0v) is 12.8. The van der Waals surface area contributed by atoms with Gasteiger partial charge < -0.3 is 5.11 Å². The molecular weight excluding hydrogens is 313 g/mol. The Labute approximate surface area is 136 Å². The van der Waals surface area contributed by atoms with E-state index < -0.39 is 23.6 Å². The number of ketones is 1. The first-order valence-electron chi connectivity index (χ1n) is 6.96. The molecule has 23 heavy (non-hydrogen) atoms. The Hall–Kier alpha value is -2.55. The molecule has 0 spiro atoms. The molecule has 0 radical (unpaired) electrons. The van der Waals surface area contributed by atoms with E-state index in [1.165, 1.54) is 35.6 Å². The molecule has 3 rings (SSSR count). The predicted molar refractivity (Wildman–Crippen MR) is 86.6 cm³/mol. The zero-order chi connectivity index (χ0) is 16.4. The van der Waals surface area contributed by atoms with Gasteiger partial charge >= 0.3 is 0 Å². The van der Waals surface area contributed by atoms with Crippen LogP contribution in [0.1, 0.15) is 21.3 Å². The van der Waals surface area contributed by atoms with Gasteiger partial charge in [0.1, 0.15) is 17.8 Å². The van der Waals surface area contributed by atoms with Gasteiger partial charge in [-0.05, 0) is 35.2 Å². The average molecular weight is 325 g/mol. The molecule has 2 aromatic carbocycles. The van der Waals surface area contributed by atoms with Crippen molar-refractivity contribution in [1.82, 2.24) is 0 Å². The Morgan fingerprint density at radius 3 is 2.52 bits per heavy atom. The number of Topliss-reactive ketones (excluding diaryl/α,β-unsaturated/α-hetero) is 1. The number of aliphatic hydroxyl groups is 1. The number of rotatable bonds is 4. The highest BCUT2D eigenvalue weighted by Crippen LogP contribution is 2.31. The molecule has 0 amide bonds. The van der Waals surface area contributed by atoms with Crippen LogP contribution in [-0.2, 0) is 0 Å². The molecular formula is C18H12FNO2S. The number of benzene rings is 2. The Balaban J connectivity index is 1.92. The van der Waals surface area contributed by atoms with E-state index in [4.69, 9.17) is 0 Å². The number of aliphatic hydroxyl groups excluding tert-OH is 1. The first-order chi connectivity index (χ1) is 11.1. The smallest absolute Gasteiger partial charge is 0.192 e. The SMILES string of the molecule is N#CC(C(=O)c1cc2ccccc2s1)C(O)c1ccc(F)cc1. The first-order valence-corrected chi connectivity index (χ1v) is 7.78. The maximum absolute atomic E-state index is 13.0. The molecule has 0 saturated carbocycles. The molecule has 0 aliphatic carbocycles. The van der Waals surface area contributed by atoms with Crippen molar-refractivity contribution in [2.24, 2.45) is 5.92 Å². The summed E-state index contributed by atoms with van der Waals surface area (Å²) in [5, 5.41) is 20.6. The molecule has 0 aliphatic heterocycles. The number of carbonyl (C=O) groups is 1. The van der Waals surface area contributed by atoms with Gasteiger partial charge in [0.2, 0.25) is 0 Å². The van der Waals surface area contributed by atoms with Gasteiger partial charge in [-0.1, -0.05) is 30.3 Å². The van der Waals surface area contributed by atoms with Crippen molar-refractivity contribution in [3.05, 3.63) is 70.9 Å². The lowest BCUT2D eigenvalue weighted by Gasteiger charge is -2.15. The van der Waals surface area contributed by atoms with E-state index in [1.54, 1.807) is 6.07 Å². The van der Waals surface area contributed by atoms with Crippen molar-refractivity contribution in [2.45, 2.75) is 6.10 Å². The molecule has 2 unspecified atom stereocenters. The Kier molecular flexibility index (Phi) is 4.20. The van der Waals surface area contributed by atoms with Gasteiger partial charge in [0, 0.05) is 4.70 Å². The number of hydrogen-bond donors (Lipinski definition) is 1. The second-order valence-corrected chi connectivity index (χ2v) is 6.20. The van der Waals surface area contributed by atoms with Gasteiger partial charge in [0.25, 0.3) is 0 Å². The summed E-state index contributed by atoms with van der Waals surface area (Å²) in [4.78, 5) is 13.0. The average Bonchev–Trinajstić information content (AvgIpc) is 3.00. The molecule has 0 fully saturated rings. The standard InChI is InChI=1S/C18H12FNO2S/c19-13-7-5-11(6-8-13)17(21)14(10-20)18(22)16-9-12-3-1-2-4-15(12)23-16/h1-9,14,17,21H. The summed E-state index contributed by atoms with van der Waals surface area (Å²) >= 11 is 1.29. The number of carbonyl (C=O) groups excluding carboxylic acids is 1. The molecule has 3 nitrogen and oxygen atoms in total. The second kappa shape index (κ2) is 6.29. The zero-order valence-electron chi connectivity index (χ0n) is 11.9. The Bertz CT molecular complexity index is 862. The second-order valence-electron chi connectivity index (χ2n) is 5.12. The van der Waals surface area contributed by atoms with Crippen LogP contribution >= 0.6 is 11.3 Å². The minimum atomic E-state index is -1.29. The normalized spacial score (nSPS) is 13.4. The number of nitriles is 1. The minimum absolute atomic E-state index is 0.340. The van der Waals surface area contributed by atoms with Crippen LogP contribution in [0.25, 0.3) is 10.1 Å². The van der Waals surface area contributed by atoms with Gasteiger partial charge in [-0.15, -0.1) is 11.3 Å². The Morgan fingerprint density at radius 1 is 1.17 bits per heavy atom. The maximum atomic E-state index is 13.0. The van der Waals surface area contributed by atoms with Crippen LogP contribution in [0.15, 0.2) is 54.6 Å². The van der Waals surface area contributed by atoms with E-state index in [0.29, 0.717) is 10.4 Å². The molecule has 0 aliphatic rings. The van der Waals surface area contributed by atoms with Gasteiger partial charge in [0.05, 0.1) is 10.9 Å². The number of thiophene rings is 1. The van der Waals surface area contributed by atoms with Crippen LogP contribution in [0.4, 0.5) is 4.39 Å². The molecule has 0 saturated heterocycles. The van der Waals surface area contributed by atoms with E-state index in [-0.39, 0.29) is 0 Å². The lowest BCUT2D eigenvalue weighted by molar-refractivity contribution is 0.0780. The fourth-order valence-electron chi connectivity index (χ4n) is 2.38. The lowest BCUT2D eigenvalue weighted by atomic mass is 9.92. The molecule has 1 aromatic heterocycles. The topological polar surface area (TPSA) is 61.1 Å². The van der Waals surface area contributed by atoms with E-state index in [9.17, 15) is 19.6 Å². The number of nitrogens with zero attached hydrogens (tertiary/aromatic N) is 1. The Morgan fingerprint density at radius 2 is 1.87 bits per heavy atom. The number of fused-ring (bicyclic) bond motifs is 1. The van der Waals surface area contributed by atoms with E-state index in [1.807, 2.05) is 30.3 Å². The van der Waals surface area contributed by atoms with E-state index >= 15 is 0 Å². The fraction of sp³-hybridized carbons (Fsp3) is 0.111. The summed E-state index contributed by atoms with van der Waals surface area (Å²) < 4.78 is 13.9. The highest BCUT2D eigenvalue weighted by atomic mass is 32.1. The van der Waals surface area contributed by atoms with Crippen molar-refractivity contribution >= 4 is 27.2 Å². The summed E-state index contributed by atoms with van der Waals surface area (Å²) in [6.45, 7) is 0. The monoisotopic (exact) mass is 325 g/mol. The highest BCUT2D eigenvalue weighted by molar-refractivity contribution is 7.20. The van der Waals surface area contributed by atoms with Crippen LogP contribution in [-0.4, -0.2) is 10.9 Å². The van der Waals surface area contributed by atoms with Crippen LogP contribution in [0, 0.1) is 23.1 Å². The van der Waals surface area contributed by atoms with Gasteiger partial charge in [0.15, 0.2) is 5.78 Å². The molecule has 5 heteroatoms. The highest BCUT2D eigenvalue weighted by Gasteiger charge is 2.30. The third-order valence-corrected chi connectivity index (χ3v) is 4.75. The molecule has 0 bridgehead atoms. The molecule has 114 valence electrons.